The van der Waals surface area contributed by atoms with Gasteiger partial charge in [-0.15, -0.1) is 0 Å². The standard InChI is InChI=1S/C20H33FN4O/c1-4-22-20(23-11-8-17-9-12-25(3)13-10-17)24-15-16(2)26-19-7-5-6-18(21)14-19/h5-7,14,16-17H,4,8-13,15H2,1-3H3,(H2,22,23,24). The number of rotatable bonds is 8. The number of ether oxygens (including phenoxy) is 1. The van der Waals surface area contributed by atoms with Gasteiger partial charge in [-0.3, -0.25) is 0 Å². The van der Waals surface area contributed by atoms with Crippen molar-refractivity contribution in [1.29, 1.82) is 0 Å². The number of hydrogen-bond donors (Lipinski definition) is 2. The highest BCUT2D eigenvalue weighted by molar-refractivity contribution is 5.79. The van der Waals surface area contributed by atoms with E-state index < -0.39 is 0 Å². The van der Waals surface area contributed by atoms with Crippen molar-refractivity contribution in [3.8, 4) is 5.75 Å². The molecule has 146 valence electrons. The first-order valence-electron chi connectivity index (χ1n) is 9.69. The molecule has 1 aliphatic rings. The van der Waals surface area contributed by atoms with Crippen LogP contribution in [0.5, 0.6) is 5.75 Å². The Hall–Kier alpha value is -1.82. The molecule has 1 fully saturated rings. The van der Waals surface area contributed by atoms with Crippen LogP contribution in [0.25, 0.3) is 0 Å². The van der Waals surface area contributed by atoms with Crippen molar-refractivity contribution >= 4 is 5.96 Å². The van der Waals surface area contributed by atoms with Gasteiger partial charge in [-0.1, -0.05) is 6.07 Å². The zero-order valence-electron chi connectivity index (χ0n) is 16.3. The highest BCUT2D eigenvalue weighted by Gasteiger charge is 2.16. The van der Waals surface area contributed by atoms with E-state index in [1.54, 1.807) is 12.1 Å². The molecule has 1 heterocycles. The van der Waals surface area contributed by atoms with Gasteiger partial charge in [0, 0.05) is 19.2 Å². The van der Waals surface area contributed by atoms with Crippen molar-refractivity contribution in [2.45, 2.75) is 39.2 Å². The van der Waals surface area contributed by atoms with Gasteiger partial charge >= 0.3 is 0 Å². The Labute approximate surface area is 157 Å². The highest BCUT2D eigenvalue weighted by Crippen LogP contribution is 2.18. The average Bonchev–Trinajstić information content (AvgIpc) is 2.61. The predicted molar refractivity (Wildman–Crippen MR) is 105 cm³/mol. The van der Waals surface area contributed by atoms with Crippen LogP contribution in [0, 0.1) is 11.7 Å². The molecule has 0 bridgehead atoms. The number of likely N-dealkylation sites (tertiary alicyclic amines) is 1. The summed E-state index contributed by atoms with van der Waals surface area (Å²) in [6, 6.07) is 6.21. The molecule has 0 spiro atoms. The van der Waals surface area contributed by atoms with E-state index in [-0.39, 0.29) is 11.9 Å². The maximum Gasteiger partial charge on any atom is 0.191 e. The van der Waals surface area contributed by atoms with Crippen LogP contribution >= 0.6 is 0 Å². The SMILES string of the molecule is CCNC(=NCC(C)Oc1cccc(F)c1)NCCC1CCN(C)CC1. The van der Waals surface area contributed by atoms with Crippen molar-refractivity contribution in [3.05, 3.63) is 30.1 Å². The van der Waals surface area contributed by atoms with E-state index in [0.29, 0.717) is 12.3 Å². The van der Waals surface area contributed by atoms with E-state index in [9.17, 15) is 4.39 Å². The Morgan fingerprint density at radius 1 is 1.35 bits per heavy atom. The minimum atomic E-state index is -0.290. The first-order valence-corrected chi connectivity index (χ1v) is 9.69. The molecular weight excluding hydrogens is 331 g/mol. The molecule has 6 heteroatoms. The number of nitrogens with one attached hydrogen (secondary N) is 2. The fourth-order valence-corrected chi connectivity index (χ4v) is 3.12. The second-order valence-electron chi connectivity index (χ2n) is 7.07. The topological polar surface area (TPSA) is 48.9 Å². The first-order chi connectivity index (χ1) is 12.6. The molecule has 0 aliphatic carbocycles. The Morgan fingerprint density at radius 3 is 2.81 bits per heavy atom. The number of aliphatic imine (C=N–C) groups is 1. The third-order valence-electron chi connectivity index (χ3n) is 4.67. The van der Waals surface area contributed by atoms with Crippen LogP contribution < -0.4 is 15.4 Å². The Bertz CT molecular complexity index is 558. The predicted octanol–water partition coefficient (Wildman–Crippen LogP) is 2.88. The summed E-state index contributed by atoms with van der Waals surface area (Å²) >= 11 is 0. The minimum Gasteiger partial charge on any atom is -0.489 e. The zero-order valence-corrected chi connectivity index (χ0v) is 16.3. The molecule has 1 saturated heterocycles. The highest BCUT2D eigenvalue weighted by atomic mass is 19.1. The van der Waals surface area contributed by atoms with Crippen LogP contribution in [0.15, 0.2) is 29.3 Å². The third kappa shape index (κ3) is 7.60. The molecule has 1 aromatic rings. The number of halogens is 1. The summed E-state index contributed by atoms with van der Waals surface area (Å²) in [4.78, 5) is 6.99. The maximum absolute atomic E-state index is 13.2. The second-order valence-corrected chi connectivity index (χ2v) is 7.07. The van der Waals surface area contributed by atoms with Crippen LogP contribution in [0.2, 0.25) is 0 Å². The molecule has 26 heavy (non-hydrogen) atoms. The van der Waals surface area contributed by atoms with E-state index in [4.69, 9.17) is 4.74 Å². The van der Waals surface area contributed by atoms with Crippen molar-refractivity contribution in [2.75, 3.05) is 39.8 Å². The summed E-state index contributed by atoms with van der Waals surface area (Å²) in [5.74, 6) is 1.86. The molecular formula is C20H33FN4O. The molecule has 2 rings (SSSR count). The Morgan fingerprint density at radius 2 is 2.12 bits per heavy atom. The average molecular weight is 365 g/mol. The fraction of sp³-hybridized carbons (Fsp3) is 0.650. The fourth-order valence-electron chi connectivity index (χ4n) is 3.12. The summed E-state index contributed by atoms with van der Waals surface area (Å²) in [7, 11) is 2.19. The Kier molecular flexibility index (Phi) is 8.68. The summed E-state index contributed by atoms with van der Waals surface area (Å²) in [6.07, 6.45) is 3.61. The largest absolute Gasteiger partial charge is 0.489 e. The first kappa shape index (κ1) is 20.5. The lowest BCUT2D eigenvalue weighted by atomic mass is 9.94. The summed E-state index contributed by atoms with van der Waals surface area (Å²) in [6.45, 7) is 8.66. The van der Waals surface area contributed by atoms with Gasteiger partial charge in [-0.05, 0) is 71.3 Å². The summed E-state index contributed by atoms with van der Waals surface area (Å²) < 4.78 is 18.9. The molecule has 1 atom stereocenters. The number of hydrogen-bond acceptors (Lipinski definition) is 3. The number of guanidine groups is 1. The number of piperidine rings is 1. The van der Waals surface area contributed by atoms with Crippen molar-refractivity contribution in [1.82, 2.24) is 15.5 Å². The van der Waals surface area contributed by atoms with Crippen molar-refractivity contribution in [2.24, 2.45) is 10.9 Å². The van der Waals surface area contributed by atoms with E-state index in [1.807, 2.05) is 6.92 Å². The zero-order chi connectivity index (χ0) is 18.8. The molecule has 1 unspecified atom stereocenters. The molecule has 0 saturated carbocycles. The van der Waals surface area contributed by atoms with Gasteiger partial charge in [-0.25, -0.2) is 9.38 Å². The van der Waals surface area contributed by atoms with Crippen LogP contribution in [-0.4, -0.2) is 56.7 Å². The quantitative estimate of drug-likeness (QED) is 0.550. The normalized spacial score (nSPS) is 17.8. The third-order valence-corrected chi connectivity index (χ3v) is 4.67. The molecule has 0 amide bonds. The van der Waals surface area contributed by atoms with Gasteiger partial charge in [-0.2, -0.15) is 0 Å². The molecule has 0 aromatic heterocycles. The maximum atomic E-state index is 13.2. The van der Waals surface area contributed by atoms with Crippen LogP contribution in [0.4, 0.5) is 4.39 Å². The van der Waals surface area contributed by atoms with Gasteiger partial charge in [0.15, 0.2) is 5.96 Å². The molecule has 1 aromatic carbocycles. The van der Waals surface area contributed by atoms with Crippen molar-refractivity contribution < 1.29 is 9.13 Å². The van der Waals surface area contributed by atoms with Crippen molar-refractivity contribution in [3.63, 3.8) is 0 Å². The number of benzene rings is 1. The van der Waals surface area contributed by atoms with Crippen LogP contribution in [0.1, 0.15) is 33.1 Å². The van der Waals surface area contributed by atoms with Crippen LogP contribution in [0.3, 0.4) is 0 Å². The van der Waals surface area contributed by atoms with E-state index >= 15 is 0 Å². The van der Waals surface area contributed by atoms with Gasteiger partial charge in [0.2, 0.25) is 0 Å². The van der Waals surface area contributed by atoms with E-state index in [2.05, 4.69) is 34.5 Å². The van der Waals surface area contributed by atoms with Gasteiger partial charge in [0.05, 0.1) is 6.54 Å². The lowest BCUT2D eigenvalue weighted by molar-refractivity contribution is 0.213. The Balaban J connectivity index is 1.74. The molecule has 0 radical (unpaired) electrons. The van der Waals surface area contributed by atoms with Gasteiger partial charge in [0.25, 0.3) is 0 Å². The number of nitrogens with zero attached hydrogens (tertiary/aromatic N) is 2. The van der Waals surface area contributed by atoms with Gasteiger partial charge < -0.3 is 20.3 Å². The van der Waals surface area contributed by atoms with E-state index in [1.165, 1.54) is 44.5 Å². The monoisotopic (exact) mass is 364 g/mol. The minimum absolute atomic E-state index is 0.124. The molecule has 2 N–H and O–H groups in total. The van der Waals surface area contributed by atoms with E-state index in [0.717, 1.165) is 25.0 Å². The lowest BCUT2D eigenvalue weighted by Crippen LogP contribution is -2.39. The lowest BCUT2D eigenvalue weighted by Gasteiger charge is -2.29. The molecule has 5 nitrogen and oxygen atoms in total. The smallest absolute Gasteiger partial charge is 0.191 e. The summed E-state index contributed by atoms with van der Waals surface area (Å²) in [5, 5.41) is 6.69. The summed E-state index contributed by atoms with van der Waals surface area (Å²) in [5.41, 5.74) is 0. The molecule has 1 aliphatic heterocycles. The second kappa shape index (κ2) is 11.0. The van der Waals surface area contributed by atoms with Crippen LogP contribution in [-0.2, 0) is 0 Å². The van der Waals surface area contributed by atoms with Gasteiger partial charge in [0.1, 0.15) is 17.7 Å².